The SMILES string of the molecule is CSCCN1CCC(NC(=O)N2CCNC(=O)C2c2cccc(F)c2)CC1.O=CO. The van der Waals surface area contributed by atoms with Crippen LogP contribution in [0.5, 0.6) is 0 Å². The molecule has 1 aromatic rings. The van der Waals surface area contributed by atoms with Crippen molar-refractivity contribution in [3.8, 4) is 0 Å². The third-order valence-corrected chi connectivity index (χ3v) is 5.75. The van der Waals surface area contributed by atoms with Crippen LogP contribution in [0.2, 0.25) is 0 Å². The van der Waals surface area contributed by atoms with Crippen LogP contribution in [0.1, 0.15) is 24.4 Å². The van der Waals surface area contributed by atoms with Gasteiger partial charge in [-0.15, -0.1) is 0 Å². The normalized spacial score (nSPS) is 20.0. The summed E-state index contributed by atoms with van der Waals surface area (Å²) >= 11 is 1.84. The Morgan fingerprint density at radius 2 is 2.07 bits per heavy atom. The van der Waals surface area contributed by atoms with Crippen LogP contribution < -0.4 is 10.6 Å². The van der Waals surface area contributed by atoms with Gasteiger partial charge in [-0.2, -0.15) is 11.8 Å². The van der Waals surface area contributed by atoms with Crippen LogP contribution in [0.25, 0.3) is 0 Å². The lowest BCUT2D eigenvalue weighted by atomic mass is 10.0. The minimum Gasteiger partial charge on any atom is -0.483 e. The summed E-state index contributed by atoms with van der Waals surface area (Å²) in [7, 11) is 0. The number of hydrogen-bond acceptors (Lipinski definition) is 5. The maximum atomic E-state index is 13.6. The first kappa shape index (κ1) is 23.9. The molecule has 2 heterocycles. The molecule has 0 saturated carbocycles. The number of amides is 3. The Morgan fingerprint density at radius 1 is 1.37 bits per heavy atom. The number of halogens is 1. The molecule has 3 N–H and O–H groups in total. The standard InChI is InChI=1S/C19H27FN4O2S.CH2O2/c1-27-12-11-23-8-5-16(6-9-23)22-19(26)24-10-7-21-18(25)17(24)14-3-2-4-15(20)13-14;2-1-3/h2-4,13,16-17H,5-12H2,1H3,(H,21,25)(H,22,26);1H,(H,2,3). The Balaban J connectivity index is 0.00000101. The Labute approximate surface area is 180 Å². The fourth-order valence-corrected chi connectivity index (χ4v) is 4.11. The number of piperidine rings is 1. The second kappa shape index (κ2) is 12.4. The summed E-state index contributed by atoms with van der Waals surface area (Å²) < 4.78 is 13.6. The van der Waals surface area contributed by atoms with Gasteiger partial charge in [0.25, 0.3) is 6.47 Å². The van der Waals surface area contributed by atoms with Gasteiger partial charge in [0.15, 0.2) is 0 Å². The van der Waals surface area contributed by atoms with E-state index in [1.165, 1.54) is 17.0 Å². The van der Waals surface area contributed by atoms with Crippen molar-refractivity contribution in [2.24, 2.45) is 0 Å². The molecule has 0 bridgehead atoms. The van der Waals surface area contributed by atoms with Crippen molar-refractivity contribution in [3.05, 3.63) is 35.6 Å². The van der Waals surface area contributed by atoms with Gasteiger partial charge < -0.3 is 25.5 Å². The lowest BCUT2D eigenvalue weighted by Crippen LogP contribution is -2.57. The predicted molar refractivity (Wildman–Crippen MR) is 114 cm³/mol. The molecule has 1 aromatic carbocycles. The Kier molecular flexibility index (Phi) is 9.88. The van der Waals surface area contributed by atoms with E-state index in [-0.39, 0.29) is 24.5 Å². The number of piperazine rings is 1. The van der Waals surface area contributed by atoms with E-state index in [2.05, 4.69) is 21.8 Å². The van der Waals surface area contributed by atoms with Crippen molar-refractivity contribution in [1.29, 1.82) is 0 Å². The third-order valence-electron chi connectivity index (χ3n) is 5.16. The van der Waals surface area contributed by atoms with Crippen LogP contribution in [0, 0.1) is 5.82 Å². The molecule has 2 aliphatic heterocycles. The summed E-state index contributed by atoms with van der Waals surface area (Å²) in [5.41, 5.74) is 0.495. The maximum absolute atomic E-state index is 13.6. The van der Waals surface area contributed by atoms with Crippen LogP contribution in [0.4, 0.5) is 9.18 Å². The molecule has 1 unspecified atom stereocenters. The van der Waals surface area contributed by atoms with Crippen molar-refractivity contribution in [1.82, 2.24) is 20.4 Å². The first-order chi connectivity index (χ1) is 14.5. The molecule has 10 heteroatoms. The Bertz CT molecular complexity index is 716. The van der Waals surface area contributed by atoms with E-state index in [1.54, 1.807) is 12.1 Å². The van der Waals surface area contributed by atoms with Crippen LogP contribution in [-0.4, -0.2) is 84.1 Å². The molecule has 166 valence electrons. The van der Waals surface area contributed by atoms with Gasteiger partial charge in [0.2, 0.25) is 5.91 Å². The molecule has 2 saturated heterocycles. The highest BCUT2D eigenvalue weighted by atomic mass is 32.2. The molecule has 3 amide bonds. The first-order valence-electron chi connectivity index (χ1n) is 9.89. The highest BCUT2D eigenvalue weighted by Gasteiger charge is 2.35. The van der Waals surface area contributed by atoms with Crippen molar-refractivity contribution in [2.75, 3.05) is 44.7 Å². The van der Waals surface area contributed by atoms with Gasteiger partial charge in [0.1, 0.15) is 11.9 Å². The van der Waals surface area contributed by atoms with Gasteiger partial charge in [-0.1, -0.05) is 12.1 Å². The zero-order chi connectivity index (χ0) is 21.9. The average Bonchev–Trinajstić information content (AvgIpc) is 2.73. The average molecular weight is 441 g/mol. The molecule has 0 aliphatic carbocycles. The molecule has 1 atom stereocenters. The van der Waals surface area contributed by atoms with Crippen molar-refractivity contribution >= 4 is 30.2 Å². The van der Waals surface area contributed by atoms with Gasteiger partial charge in [0.05, 0.1) is 0 Å². The lowest BCUT2D eigenvalue weighted by molar-refractivity contribution is -0.128. The van der Waals surface area contributed by atoms with Gasteiger partial charge in [0, 0.05) is 44.5 Å². The zero-order valence-electron chi connectivity index (χ0n) is 17.1. The van der Waals surface area contributed by atoms with E-state index in [1.807, 2.05) is 11.8 Å². The Morgan fingerprint density at radius 3 is 2.70 bits per heavy atom. The number of rotatable bonds is 5. The summed E-state index contributed by atoms with van der Waals surface area (Å²) in [5.74, 6) is 0.438. The van der Waals surface area contributed by atoms with Crippen LogP contribution in [-0.2, 0) is 9.59 Å². The van der Waals surface area contributed by atoms with Crippen LogP contribution >= 0.6 is 11.8 Å². The molecule has 30 heavy (non-hydrogen) atoms. The summed E-state index contributed by atoms with van der Waals surface area (Å²) in [6, 6.07) is 4.97. The maximum Gasteiger partial charge on any atom is 0.318 e. The zero-order valence-corrected chi connectivity index (χ0v) is 17.9. The number of nitrogens with zero attached hydrogens (tertiary/aromatic N) is 2. The van der Waals surface area contributed by atoms with E-state index in [4.69, 9.17) is 9.90 Å². The minimum atomic E-state index is -0.795. The largest absolute Gasteiger partial charge is 0.483 e. The third kappa shape index (κ3) is 6.88. The Hall–Kier alpha value is -2.33. The van der Waals surface area contributed by atoms with E-state index in [0.29, 0.717) is 18.7 Å². The molecule has 8 nitrogen and oxygen atoms in total. The molecule has 2 aliphatic rings. The quantitative estimate of drug-likeness (QED) is 0.601. The van der Waals surface area contributed by atoms with Gasteiger partial charge >= 0.3 is 6.03 Å². The van der Waals surface area contributed by atoms with Crippen molar-refractivity contribution in [3.63, 3.8) is 0 Å². The number of benzene rings is 1. The molecule has 0 spiro atoms. The smallest absolute Gasteiger partial charge is 0.318 e. The second-order valence-electron chi connectivity index (χ2n) is 7.11. The monoisotopic (exact) mass is 440 g/mol. The lowest BCUT2D eigenvalue weighted by Gasteiger charge is -2.38. The number of hydrogen-bond donors (Lipinski definition) is 3. The summed E-state index contributed by atoms with van der Waals surface area (Å²) in [5, 5.41) is 12.7. The number of carbonyl (C=O) groups excluding carboxylic acids is 2. The molecule has 3 rings (SSSR count). The number of carboxylic acid groups (broad SMARTS) is 1. The van der Waals surface area contributed by atoms with Gasteiger partial charge in [-0.3, -0.25) is 9.59 Å². The van der Waals surface area contributed by atoms with Crippen molar-refractivity contribution < 1.29 is 23.9 Å². The minimum absolute atomic E-state index is 0.112. The fraction of sp³-hybridized carbons (Fsp3) is 0.550. The number of nitrogens with one attached hydrogen (secondary N) is 2. The highest BCUT2D eigenvalue weighted by molar-refractivity contribution is 7.98. The van der Waals surface area contributed by atoms with Crippen LogP contribution in [0.3, 0.4) is 0 Å². The number of urea groups is 1. The van der Waals surface area contributed by atoms with Gasteiger partial charge in [-0.25, -0.2) is 9.18 Å². The highest BCUT2D eigenvalue weighted by Crippen LogP contribution is 2.24. The number of thioether (sulfide) groups is 1. The summed E-state index contributed by atoms with van der Waals surface area (Å²) in [6.07, 6.45) is 3.92. The van der Waals surface area contributed by atoms with E-state index in [0.717, 1.165) is 38.2 Å². The number of carbonyl (C=O) groups is 3. The molecular formula is C20H29FN4O4S. The van der Waals surface area contributed by atoms with E-state index in [9.17, 15) is 14.0 Å². The second-order valence-corrected chi connectivity index (χ2v) is 8.09. The topological polar surface area (TPSA) is 102 Å². The van der Waals surface area contributed by atoms with E-state index >= 15 is 0 Å². The first-order valence-corrected chi connectivity index (χ1v) is 11.3. The summed E-state index contributed by atoms with van der Waals surface area (Å²) in [4.78, 5) is 37.6. The summed E-state index contributed by atoms with van der Waals surface area (Å²) in [6.45, 7) is 3.59. The molecular weight excluding hydrogens is 411 g/mol. The predicted octanol–water partition coefficient (Wildman–Crippen LogP) is 1.54. The van der Waals surface area contributed by atoms with Crippen molar-refractivity contribution in [2.45, 2.75) is 24.9 Å². The molecule has 0 radical (unpaired) electrons. The number of likely N-dealkylation sites (tertiary alicyclic amines) is 1. The van der Waals surface area contributed by atoms with E-state index < -0.39 is 11.9 Å². The molecule has 2 fully saturated rings. The van der Waals surface area contributed by atoms with Gasteiger partial charge in [-0.05, 0) is 36.8 Å². The fourth-order valence-electron chi connectivity index (χ4n) is 3.67. The molecule has 0 aromatic heterocycles. The van der Waals surface area contributed by atoms with Crippen LogP contribution in [0.15, 0.2) is 24.3 Å².